The first-order valence-electron chi connectivity index (χ1n) is 3.09. The summed E-state index contributed by atoms with van der Waals surface area (Å²) < 4.78 is 0. The molecule has 0 radical (unpaired) electrons. The van der Waals surface area contributed by atoms with Gasteiger partial charge in [0.15, 0.2) is 0 Å². The fraction of sp³-hybridized carbons (Fsp3) is 0. The van der Waals surface area contributed by atoms with E-state index >= 15 is 0 Å². The van der Waals surface area contributed by atoms with Crippen LogP contribution in [0.3, 0.4) is 0 Å². The zero-order chi connectivity index (χ0) is 9.23. The molecule has 0 bridgehead atoms. The summed E-state index contributed by atoms with van der Waals surface area (Å²) in [6.07, 6.45) is 0.736. The molecule has 13 heavy (non-hydrogen) atoms. The van der Waals surface area contributed by atoms with E-state index in [1.165, 1.54) is 6.07 Å². The predicted molar refractivity (Wildman–Crippen MR) is 48.0 cm³/mol. The smallest absolute Gasteiger partial charge is 0.780 e. The normalized spacial score (nSPS) is 7.62. The third-order valence-electron chi connectivity index (χ3n) is 0.859. The maximum Gasteiger partial charge on any atom is 1.00 e. The second kappa shape index (κ2) is 11.4. The number of benzene rings is 1. The van der Waals surface area contributed by atoms with Crippen LogP contribution in [0.2, 0.25) is 0 Å². The summed E-state index contributed by atoms with van der Waals surface area (Å²) >= 11 is 4.81. The van der Waals surface area contributed by atoms with Crippen molar-refractivity contribution < 1.29 is 34.8 Å². The molecule has 5 heteroatoms. The molecular formula is C8H7N2NaOS. The Balaban J connectivity index is 0. The summed E-state index contributed by atoms with van der Waals surface area (Å²) in [6, 6.07) is 11.1. The molecule has 1 N–H and O–H groups in total. The van der Waals surface area contributed by atoms with Gasteiger partial charge in [0.2, 0.25) is 0 Å². The van der Waals surface area contributed by atoms with Gasteiger partial charge in [-0.05, 0) is 0 Å². The third-order valence-corrected chi connectivity index (χ3v) is 1.13. The molecule has 0 amide bonds. The van der Waals surface area contributed by atoms with E-state index in [1.807, 2.05) is 30.3 Å². The Bertz CT molecular complexity index is 271. The van der Waals surface area contributed by atoms with Gasteiger partial charge in [-0.1, -0.05) is 35.5 Å². The van der Waals surface area contributed by atoms with Gasteiger partial charge in [-0.15, -0.1) is 0 Å². The van der Waals surface area contributed by atoms with Gasteiger partial charge in [0.1, 0.15) is 12.3 Å². The van der Waals surface area contributed by atoms with Crippen molar-refractivity contribution in [1.82, 2.24) is 0 Å². The van der Waals surface area contributed by atoms with Gasteiger partial charge >= 0.3 is 29.6 Å². The van der Waals surface area contributed by atoms with E-state index in [0.717, 1.165) is 11.1 Å². The SMILES string of the molecule is N#CC=NO.[Na+].[S-]c1ccccc1. The molecule has 0 heterocycles. The van der Waals surface area contributed by atoms with E-state index in [-0.39, 0.29) is 29.6 Å². The van der Waals surface area contributed by atoms with E-state index in [9.17, 15) is 0 Å². The summed E-state index contributed by atoms with van der Waals surface area (Å²) in [5.41, 5.74) is 0. The Morgan fingerprint density at radius 3 is 2.08 bits per heavy atom. The Morgan fingerprint density at radius 2 is 1.92 bits per heavy atom. The zero-order valence-electron chi connectivity index (χ0n) is 7.21. The molecular weight excluding hydrogens is 195 g/mol. The van der Waals surface area contributed by atoms with Crippen LogP contribution in [0.5, 0.6) is 0 Å². The maximum absolute atomic E-state index is 7.51. The van der Waals surface area contributed by atoms with Crippen molar-refractivity contribution in [3.05, 3.63) is 30.3 Å². The second-order valence-corrected chi connectivity index (χ2v) is 2.16. The predicted octanol–water partition coefficient (Wildman–Crippen LogP) is -1.43. The number of hydrogen-bond donors (Lipinski definition) is 1. The van der Waals surface area contributed by atoms with Crippen LogP contribution in [0.1, 0.15) is 0 Å². The van der Waals surface area contributed by atoms with Crippen molar-refractivity contribution in [2.45, 2.75) is 4.90 Å². The van der Waals surface area contributed by atoms with E-state index in [2.05, 4.69) is 5.16 Å². The molecule has 0 aliphatic heterocycles. The van der Waals surface area contributed by atoms with Crippen molar-refractivity contribution in [1.29, 1.82) is 5.26 Å². The van der Waals surface area contributed by atoms with Crippen molar-refractivity contribution in [2.75, 3.05) is 0 Å². The number of oxime groups is 1. The molecule has 0 aliphatic carbocycles. The van der Waals surface area contributed by atoms with Gasteiger partial charge in [0, 0.05) is 0 Å². The fourth-order valence-electron chi connectivity index (χ4n) is 0.446. The van der Waals surface area contributed by atoms with Gasteiger partial charge in [-0.3, -0.25) is 0 Å². The van der Waals surface area contributed by atoms with Crippen LogP contribution in [-0.2, 0) is 12.6 Å². The van der Waals surface area contributed by atoms with Gasteiger partial charge in [-0.25, -0.2) is 0 Å². The fourth-order valence-corrected chi connectivity index (χ4v) is 0.603. The molecule has 0 atom stereocenters. The summed E-state index contributed by atoms with van der Waals surface area (Å²) in [6.45, 7) is 0. The molecule has 0 spiro atoms. The minimum absolute atomic E-state index is 0. The molecule has 0 fully saturated rings. The van der Waals surface area contributed by atoms with E-state index in [0.29, 0.717) is 0 Å². The van der Waals surface area contributed by atoms with Crippen molar-refractivity contribution >= 4 is 18.8 Å². The third kappa shape index (κ3) is 11.4. The monoisotopic (exact) mass is 202 g/mol. The second-order valence-electron chi connectivity index (χ2n) is 1.69. The molecule has 0 saturated heterocycles. The van der Waals surface area contributed by atoms with Gasteiger partial charge in [0.25, 0.3) is 0 Å². The Kier molecular flexibility index (Phi) is 13.1. The van der Waals surface area contributed by atoms with E-state index in [1.54, 1.807) is 0 Å². The molecule has 0 aliphatic rings. The van der Waals surface area contributed by atoms with Crippen LogP contribution in [0.15, 0.2) is 40.4 Å². The van der Waals surface area contributed by atoms with Crippen molar-refractivity contribution in [3.63, 3.8) is 0 Å². The Morgan fingerprint density at radius 1 is 1.38 bits per heavy atom. The minimum atomic E-state index is 0. The summed E-state index contributed by atoms with van der Waals surface area (Å²) in [4.78, 5) is 0.905. The molecule has 1 aromatic carbocycles. The quantitative estimate of drug-likeness (QED) is 0.184. The van der Waals surface area contributed by atoms with Crippen LogP contribution < -0.4 is 29.6 Å². The van der Waals surface area contributed by atoms with E-state index < -0.39 is 0 Å². The molecule has 0 aromatic heterocycles. The first kappa shape index (κ1) is 14.9. The molecule has 1 rings (SSSR count). The Labute approximate surface area is 105 Å². The average molecular weight is 202 g/mol. The molecule has 3 nitrogen and oxygen atoms in total. The van der Waals surface area contributed by atoms with Gasteiger partial charge in [0.05, 0.1) is 0 Å². The van der Waals surface area contributed by atoms with Crippen LogP contribution in [0, 0.1) is 11.3 Å². The van der Waals surface area contributed by atoms with Crippen LogP contribution >= 0.6 is 0 Å². The van der Waals surface area contributed by atoms with Crippen LogP contribution in [-0.4, -0.2) is 11.4 Å². The van der Waals surface area contributed by atoms with Crippen molar-refractivity contribution in [2.24, 2.45) is 5.16 Å². The average Bonchev–Trinajstić information content (AvgIpc) is 2.08. The maximum atomic E-state index is 7.51. The molecule has 62 valence electrons. The van der Waals surface area contributed by atoms with E-state index in [4.69, 9.17) is 23.1 Å². The topological polar surface area (TPSA) is 56.4 Å². The molecule has 0 saturated carbocycles. The molecule has 0 unspecified atom stereocenters. The Hall–Kier alpha value is -0.600. The number of nitriles is 1. The summed E-state index contributed by atoms with van der Waals surface area (Å²) in [5, 5.41) is 17.3. The molecule has 1 aromatic rings. The first-order chi connectivity index (χ1) is 5.81. The first-order valence-corrected chi connectivity index (χ1v) is 3.49. The van der Waals surface area contributed by atoms with Gasteiger partial charge in [-0.2, -0.15) is 10.2 Å². The number of nitrogens with zero attached hydrogens (tertiary/aromatic N) is 2. The minimum Gasteiger partial charge on any atom is -0.780 e. The summed E-state index contributed by atoms with van der Waals surface area (Å²) in [7, 11) is 0. The van der Waals surface area contributed by atoms with Crippen molar-refractivity contribution in [3.8, 4) is 6.07 Å². The standard InChI is InChI=1S/C6H6S.C2H2N2O.Na/c7-6-4-2-1-3-5-6;3-1-2-4-5;/h1-5,7H;2,5H;/q;;+1/p-1. The van der Waals surface area contributed by atoms with Crippen LogP contribution in [0.25, 0.3) is 0 Å². The van der Waals surface area contributed by atoms with Crippen LogP contribution in [0.4, 0.5) is 0 Å². The summed E-state index contributed by atoms with van der Waals surface area (Å²) in [5.74, 6) is 0. The zero-order valence-corrected chi connectivity index (χ0v) is 10.0. The largest absolute Gasteiger partial charge is 1.00 e. The number of hydrogen-bond acceptors (Lipinski definition) is 4. The van der Waals surface area contributed by atoms with Gasteiger partial charge < -0.3 is 17.8 Å². The number of rotatable bonds is 0.